The van der Waals surface area contributed by atoms with E-state index in [1.165, 1.54) is 43.5 Å². The fraction of sp³-hybridized carbons (Fsp3) is 0.130. The number of rotatable bonds is 8. The van der Waals surface area contributed by atoms with Crippen LogP contribution in [0.15, 0.2) is 78.5 Å². The van der Waals surface area contributed by atoms with Gasteiger partial charge in [0.2, 0.25) is 15.9 Å². The molecule has 11 heteroatoms. The molecule has 178 valence electrons. The van der Waals surface area contributed by atoms with Crippen molar-refractivity contribution in [3.8, 4) is 17.2 Å². The van der Waals surface area contributed by atoms with Gasteiger partial charge in [0.25, 0.3) is 0 Å². The number of carboxylic acids is 1. The molecule has 1 atom stereocenters. The van der Waals surface area contributed by atoms with E-state index in [4.69, 9.17) is 14.7 Å². The Morgan fingerprint density at radius 3 is 2.26 bits per heavy atom. The van der Waals surface area contributed by atoms with Crippen molar-refractivity contribution < 1.29 is 33.0 Å². The van der Waals surface area contributed by atoms with E-state index in [-0.39, 0.29) is 15.5 Å². The number of oxime groups is 1. The number of sulfone groups is 1. The van der Waals surface area contributed by atoms with Crippen molar-refractivity contribution >= 4 is 53.9 Å². The maximum atomic E-state index is 13.0. The summed E-state index contributed by atoms with van der Waals surface area (Å²) in [5, 5.41) is 22.7. The number of carbonyl (C=O) groups is 1. The first kappa shape index (κ1) is 25.7. The van der Waals surface area contributed by atoms with E-state index in [9.17, 15) is 18.3 Å². The predicted octanol–water partition coefficient (Wildman–Crippen LogP) is 5.67. The molecule has 0 aliphatic heterocycles. The smallest absolute Gasteiger partial charge is 0.347 e. The topological polar surface area (TPSA) is 122 Å². The third-order valence-electron chi connectivity index (χ3n) is 4.56. The number of ether oxygens (including phenoxy) is 1. The molecule has 3 aromatic rings. The van der Waals surface area contributed by atoms with E-state index in [1.807, 2.05) is 6.92 Å². The number of benzene rings is 3. The highest BCUT2D eigenvalue weighted by Gasteiger charge is 2.23. The Kier molecular flexibility index (Phi) is 8.01. The standard InChI is InChI=1S/C23H19Br2NO7S/c1-13-3-6-17(7-4-13)34(30,31)21-11-16(5-8-20(21)27)32-22-18(24)9-15(10-19(22)25)12-26-33-14(2)23(28)29/h3-12,14,27H,1-2H3,(H,28,29). The number of carboxylic acid groups (broad SMARTS) is 1. The molecule has 3 aromatic carbocycles. The molecule has 0 aliphatic carbocycles. The SMILES string of the molecule is Cc1ccc(S(=O)(=O)c2cc(Oc3c(Br)cc(C=NOC(C)C(=O)O)cc3Br)ccc2O)cc1. The van der Waals surface area contributed by atoms with E-state index in [0.717, 1.165) is 5.56 Å². The lowest BCUT2D eigenvalue weighted by Crippen LogP contribution is -2.17. The van der Waals surface area contributed by atoms with Gasteiger partial charge >= 0.3 is 5.97 Å². The van der Waals surface area contributed by atoms with Crippen molar-refractivity contribution in [2.24, 2.45) is 5.16 Å². The lowest BCUT2D eigenvalue weighted by Gasteiger charge is -2.13. The molecule has 8 nitrogen and oxygen atoms in total. The fourth-order valence-corrected chi connectivity index (χ4v) is 5.46. The number of aliphatic carboxylic acids is 1. The van der Waals surface area contributed by atoms with Gasteiger partial charge in [0.1, 0.15) is 16.4 Å². The van der Waals surface area contributed by atoms with Gasteiger partial charge in [-0.15, -0.1) is 0 Å². The van der Waals surface area contributed by atoms with Crippen LogP contribution in [0.5, 0.6) is 17.2 Å². The third-order valence-corrected chi connectivity index (χ3v) is 7.54. The summed E-state index contributed by atoms with van der Waals surface area (Å²) in [5.41, 5.74) is 1.49. The van der Waals surface area contributed by atoms with Crippen LogP contribution in [-0.4, -0.2) is 36.9 Å². The number of aryl methyl sites for hydroxylation is 1. The molecular weight excluding hydrogens is 594 g/mol. The second kappa shape index (κ2) is 10.6. The Balaban J connectivity index is 1.88. The minimum atomic E-state index is -3.98. The number of aromatic hydroxyl groups is 1. The molecule has 2 N–H and O–H groups in total. The summed E-state index contributed by atoms with van der Waals surface area (Å²) in [6.45, 7) is 3.20. The van der Waals surface area contributed by atoms with Gasteiger partial charge in [-0.05, 0) is 87.7 Å². The van der Waals surface area contributed by atoms with Gasteiger partial charge in [-0.3, -0.25) is 0 Å². The maximum absolute atomic E-state index is 13.0. The summed E-state index contributed by atoms with van der Waals surface area (Å²) >= 11 is 6.79. The zero-order valence-electron chi connectivity index (χ0n) is 17.9. The molecule has 0 aromatic heterocycles. The van der Waals surface area contributed by atoms with Crippen molar-refractivity contribution in [2.75, 3.05) is 0 Å². The van der Waals surface area contributed by atoms with Crippen molar-refractivity contribution in [2.45, 2.75) is 29.7 Å². The molecule has 0 fully saturated rings. The molecular formula is C23H19Br2NO7S. The van der Waals surface area contributed by atoms with Crippen LogP contribution in [0.3, 0.4) is 0 Å². The predicted molar refractivity (Wildman–Crippen MR) is 132 cm³/mol. The number of nitrogens with zero attached hydrogens (tertiary/aromatic N) is 1. The van der Waals surface area contributed by atoms with Crippen LogP contribution >= 0.6 is 31.9 Å². The zero-order valence-corrected chi connectivity index (χ0v) is 21.9. The van der Waals surface area contributed by atoms with Gasteiger partial charge in [-0.25, -0.2) is 13.2 Å². The Morgan fingerprint density at radius 1 is 1.06 bits per heavy atom. The minimum Gasteiger partial charge on any atom is -0.507 e. The van der Waals surface area contributed by atoms with Crippen LogP contribution in [0.4, 0.5) is 0 Å². The number of hydrogen-bond acceptors (Lipinski definition) is 7. The van der Waals surface area contributed by atoms with Crippen molar-refractivity contribution in [1.82, 2.24) is 0 Å². The highest BCUT2D eigenvalue weighted by atomic mass is 79.9. The van der Waals surface area contributed by atoms with E-state index >= 15 is 0 Å². The summed E-state index contributed by atoms with van der Waals surface area (Å²) in [6, 6.07) is 13.6. The van der Waals surface area contributed by atoms with Gasteiger partial charge in [-0.1, -0.05) is 22.9 Å². The lowest BCUT2D eigenvalue weighted by atomic mass is 10.2. The third kappa shape index (κ3) is 5.96. The molecule has 1 unspecified atom stereocenters. The van der Waals surface area contributed by atoms with Crippen LogP contribution < -0.4 is 4.74 Å². The van der Waals surface area contributed by atoms with Gasteiger partial charge in [0.05, 0.1) is 20.1 Å². The molecule has 0 saturated heterocycles. The summed E-state index contributed by atoms with van der Waals surface area (Å²) in [4.78, 5) is 15.4. The largest absolute Gasteiger partial charge is 0.507 e. The molecule has 0 saturated carbocycles. The second-order valence-electron chi connectivity index (χ2n) is 7.18. The van der Waals surface area contributed by atoms with E-state index in [0.29, 0.717) is 20.3 Å². The quantitative estimate of drug-likeness (QED) is 0.248. The van der Waals surface area contributed by atoms with Gasteiger partial charge < -0.3 is 19.8 Å². The average Bonchev–Trinajstić information content (AvgIpc) is 2.77. The normalized spacial score (nSPS) is 12.5. The fourth-order valence-electron chi connectivity index (χ4n) is 2.71. The Hall–Kier alpha value is -2.89. The second-order valence-corrected chi connectivity index (χ2v) is 10.8. The summed E-state index contributed by atoms with van der Waals surface area (Å²) < 4.78 is 33.0. The van der Waals surface area contributed by atoms with Crippen LogP contribution in [0.1, 0.15) is 18.1 Å². The summed E-state index contributed by atoms with van der Waals surface area (Å²) in [6.07, 6.45) is 0.247. The molecule has 0 radical (unpaired) electrons. The number of phenols is 1. The van der Waals surface area contributed by atoms with Gasteiger partial charge in [0, 0.05) is 6.07 Å². The molecule has 0 bridgehead atoms. The molecule has 0 spiro atoms. The van der Waals surface area contributed by atoms with Crippen molar-refractivity contribution in [3.05, 3.63) is 74.7 Å². The number of halogens is 2. The van der Waals surface area contributed by atoms with Crippen LogP contribution in [0, 0.1) is 6.92 Å². The van der Waals surface area contributed by atoms with Gasteiger partial charge in [-0.2, -0.15) is 0 Å². The summed E-state index contributed by atoms with van der Waals surface area (Å²) in [7, 11) is -3.98. The molecule has 3 rings (SSSR count). The van der Waals surface area contributed by atoms with E-state index < -0.39 is 27.7 Å². The molecule has 34 heavy (non-hydrogen) atoms. The first-order chi connectivity index (χ1) is 16.0. The van der Waals surface area contributed by atoms with E-state index in [2.05, 4.69) is 37.0 Å². The van der Waals surface area contributed by atoms with Crippen molar-refractivity contribution in [1.29, 1.82) is 0 Å². The summed E-state index contributed by atoms with van der Waals surface area (Å²) in [5.74, 6) is -1.000. The Labute approximate surface area is 213 Å². The zero-order chi connectivity index (χ0) is 25.0. The molecule has 0 aliphatic rings. The number of phenolic OH excluding ortho intramolecular Hbond substituents is 1. The first-order valence-corrected chi connectivity index (χ1v) is 12.8. The Bertz CT molecular complexity index is 1330. The van der Waals surface area contributed by atoms with Gasteiger partial charge in [0.15, 0.2) is 5.75 Å². The highest BCUT2D eigenvalue weighted by Crippen LogP contribution is 2.40. The van der Waals surface area contributed by atoms with Crippen LogP contribution in [0.2, 0.25) is 0 Å². The maximum Gasteiger partial charge on any atom is 0.347 e. The molecule has 0 amide bonds. The van der Waals surface area contributed by atoms with Crippen LogP contribution in [0.25, 0.3) is 0 Å². The molecule has 0 heterocycles. The van der Waals surface area contributed by atoms with Crippen LogP contribution in [-0.2, 0) is 19.5 Å². The van der Waals surface area contributed by atoms with Crippen molar-refractivity contribution in [3.63, 3.8) is 0 Å². The minimum absolute atomic E-state index is 0.0518. The highest BCUT2D eigenvalue weighted by molar-refractivity contribution is 9.11. The monoisotopic (exact) mass is 611 g/mol. The average molecular weight is 613 g/mol. The Morgan fingerprint density at radius 2 is 1.68 bits per heavy atom. The number of hydrogen-bond donors (Lipinski definition) is 2. The van der Waals surface area contributed by atoms with E-state index in [1.54, 1.807) is 24.3 Å². The lowest BCUT2D eigenvalue weighted by molar-refractivity contribution is -0.149. The first-order valence-electron chi connectivity index (χ1n) is 9.72.